The fourth-order valence-corrected chi connectivity index (χ4v) is 2.40. The Balaban J connectivity index is 2.34. The van der Waals surface area contributed by atoms with Crippen LogP contribution in [0.1, 0.15) is 6.92 Å². The van der Waals surface area contributed by atoms with Crippen molar-refractivity contribution in [2.24, 2.45) is 0 Å². The van der Waals surface area contributed by atoms with Crippen molar-refractivity contribution < 1.29 is 0 Å². The van der Waals surface area contributed by atoms with Crippen molar-refractivity contribution in [2.45, 2.75) is 23.7 Å². The molecule has 8 heteroatoms. The van der Waals surface area contributed by atoms with Gasteiger partial charge in [-0.1, -0.05) is 11.6 Å². The van der Waals surface area contributed by atoms with Crippen LogP contribution in [0, 0.1) is 0 Å². The molecule has 0 bridgehead atoms. The molecule has 2 aromatic heterocycles. The number of nitrogen functional groups attached to an aromatic ring is 1. The van der Waals surface area contributed by atoms with Gasteiger partial charge in [0.05, 0.1) is 16.9 Å². The monoisotopic (exact) mass is 271 g/mol. The highest BCUT2D eigenvalue weighted by Crippen LogP contribution is 2.30. The van der Waals surface area contributed by atoms with Gasteiger partial charge >= 0.3 is 5.69 Å². The van der Waals surface area contributed by atoms with Crippen LogP contribution in [0.5, 0.6) is 0 Å². The maximum Gasteiger partial charge on any atom is 0.343 e. The van der Waals surface area contributed by atoms with E-state index in [-0.39, 0.29) is 5.69 Å². The van der Waals surface area contributed by atoms with E-state index in [4.69, 9.17) is 17.3 Å². The van der Waals surface area contributed by atoms with Gasteiger partial charge in [-0.2, -0.15) is 0 Å². The number of hydrogen-bond donors (Lipinski definition) is 2. The molecule has 0 radical (unpaired) electrons. The van der Waals surface area contributed by atoms with Crippen LogP contribution in [0.3, 0.4) is 0 Å². The summed E-state index contributed by atoms with van der Waals surface area (Å²) in [5.74, 6) is 0. The minimum absolute atomic E-state index is 0.249. The zero-order valence-electron chi connectivity index (χ0n) is 8.98. The van der Waals surface area contributed by atoms with E-state index in [2.05, 4.69) is 15.2 Å². The van der Waals surface area contributed by atoms with E-state index in [1.807, 2.05) is 6.92 Å². The summed E-state index contributed by atoms with van der Waals surface area (Å²) in [5.41, 5.74) is 5.79. The highest BCUT2D eigenvalue weighted by atomic mass is 35.5. The van der Waals surface area contributed by atoms with Crippen molar-refractivity contribution in [2.75, 3.05) is 5.73 Å². The number of H-pyrrole nitrogens is 1. The molecule has 0 saturated heterocycles. The Morgan fingerprint density at radius 1 is 1.65 bits per heavy atom. The second-order valence-corrected chi connectivity index (χ2v) is 4.58. The number of pyridine rings is 1. The highest BCUT2D eigenvalue weighted by Gasteiger charge is 2.11. The van der Waals surface area contributed by atoms with Crippen molar-refractivity contribution in [3.8, 4) is 0 Å². The molecule has 0 amide bonds. The third-order valence-electron chi connectivity index (χ3n) is 2.06. The molecule has 0 unspecified atom stereocenters. The largest absolute Gasteiger partial charge is 0.397 e. The fourth-order valence-electron chi connectivity index (χ4n) is 1.26. The maximum absolute atomic E-state index is 11.4. The number of anilines is 1. The molecule has 6 nitrogen and oxygen atoms in total. The molecule has 3 N–H and O–H groups in total. The summed E-state index contributed by atoms with van der Waals surface area (Å²) < 4.78 is 1.50. The van der Waals surface area contributed by atoms with Crippen LogP contribution in [-0.2, 0) is 6.54 Å². The normalized spacial score (nSPS) is 10.7. The molecule has 0 spiro atoms. The lowest BCUT2D eigenvalue weighted by atomic mass is 10.4. The number of aromatic amines is 1. The molecule has 0 aliphatic carbocycles. The van der Waals surface area contributed by atoms with Gasteiger partial charge in [0.15, 0.2) is 5.16 Å². The van der Waals surface area contributed by atoms with Crippen molar-refractivity contribution in [1.29, 1.82) is 0 Å². The number of halogens is 1. The van der Waals surface area contributed by atoms with Gasteiger partial charge in [0.2, 0.25) is 0 Å². The van der Waals surface area contributed by atoms with E-state index < -0.39 is 0 Å². The third-order valence-corrected chi connectivity index (χ3v) is 3.47. The lowest BCUT2D eigenvalue weighted by Gasteiger charge is -2.03. The summed E-state index contributed by atoms with van der Waals surface area (Å²) in [4.78, 5) is 15.5. The standard InChI is InChI=1S/C9H10ClN5OS/c1-2-15-8(16)13-14-9(15)17-7-6(10)3-5(11)4-12-7/h3-4H,2,11H2,1H3,(H,13,16). The maximum atomic E-state index is 11.4. The highest BCUT2D eigenvalue weighted by molar-refractivity contribution is 7.99. The Morgan fingerprint density at radius 3 is 3.06 bits per heavy atom. The van der Waals surface area contributed by atoms with E-state index in [9.17, 15) is 4.79 Å². The van der Waals surface area contributed by atoms with Gasteiger partial charge in [0.1, 0.15) is 5.03 Å². The average molecular weight is 272 g/mol. The lowest BCUT2D eigenvalue weighted by Crippen LogP contribution is -2.16. The van der Waals surface area contributed by atoms with Crippen LogP contribution < -0.4 is 11.4 Å². The lowest BCUT2D eigenvalue weighted by molar-refractivity contribution is 0.660. The van der Waals surface area contributed by atoms with Crippen LogP contribution in [0.2, 0.25) is 5.02 Å². The van der Waals surface area contributed by atoms with E-state index in [1.54, 1.807) is 6.07 Å². The first-order chi connectivity index (χ1) is 8.11. The molecule has 90 valence electrons. The zero-order valence-corrected chi connectivity index (χ0v) is 10.5. The van der Waals surface area contributed by atoms with Crippen LogP contribution in [-0.4, -0.2) is 19.7 Å². The molecule has 2 rings (SSSR count). The Kier molecular flexibility index (Phi) is 3.39. The zero-order chi connectivity index (χ0) is 12.4. The number of rotatable bonds is 3. The first kappa shape index (κ1) is 12.0. The van der Waals surface area contributed by atoms with Crippen molar-refractivity contribution >= 4 is 29.1 Å². The van der Waals surface area contributed by atoms with Crippen LogP contribution in [0.4, 0.5) is 5.69 Å². The molecule has 0 atom stereocenters. The number of nitrogens with two attached hydrogens (primary N) is 1. The van der Waals surface area contributed by atoms with E-state index in [1.165, 1.54) is 22.5 Å². The predicted molar refractivity (Wildman–Crippen MR) is 66.3 cm³/mol. The van der Waals surface area contributed by atoms with Gasteiger partial charge in [-0.05, 0) is 24.8 Å². The first-order valence-corrected chi connectivity index (χ1v) is 6.05. The van der Waals surface area contributed by atoms with E-state index >= 15 is 0 Å². The number of hydrogen-bond acceptors (Lipinski definition) is 5. The van der Waals surface area contributed by atoms with Crippen LogP contribution in [0.15, 0.2) is 27.2 Å². The molecular formula is C9H10ClN5OS. The molecule has 2 heterocycles. The first-order valence-electron chi connectivity index (χ1n) is 4.86. The molecule has 0 aromatic carbocycles. The van der Waals surface area contributed by atoms with Crippen molar-refractivity contribution in [1.82, 2.24) is 19.7 Å². The van der Waals surface area contributed by atoms with Gasteiger partial charge in [0, 0.05) is 6.54 Å². The molecule has 0 saturated carbocycles. The molecule has 0 aliphatic heterocycles. The van der Waals surface area contributed by atoms with Gasteiger partial charge < -0.3 is 5.73 Å². The smallest absolute Gasteiger partial charge is 0.343 e. The molecule has 2 aromatic rings. The summed E-state index contributed by atoms with van der Waals surface area (Å²) in [6.45, 7) is 2.39. The SMILES string of the molecule is CCn1c(Sc2ncc(N)cc2Cl)n[nH]c1=O. The summed E-state index contributed by atoms with van der Waals surface area (Å²) in [6, 6.07) is 1.61. The fraction of sp³-hybridized carbons (Fsp3) is 0.222. The molecule has 0 fully saturated rings. The predicted octanol–water partition coefficient (Wildman–Crippen LogP) is 1.37. The Morgan fingerprint density at radius 2 is 2.41 bits per heavy atom. The van der Waals surface area contributed by atoms with Crippen LogP contribution >= 0.6 is 23.4 Å². The molecular weight excluding hydrogens is 262 g/mol. The van der Waals surface area contributed by atoms with Gasteiger partial charge in [-0.15, -0.1) is 5.10 Å². The summed E-state index contributed by atoms with van der Waals surface area (Å²) in [5, 5.41) is 7.81. The Bertz CT molecular complexity index is 593. The molecule has 17 heavy (non-hydrogen) atoms. The van der Waals surface area contributed by atoms with Crippen molar-refractivity contribution in [3.63, 3.8) is 0 Å². The van der Waals surface area contributed by atoms with Crippen molar-refractivity contribution in [3.05, 3.63) is 27.8 Å². The summed E-state index contributed by atoms with van der Waals surface area (Å²) >= 11 is 7.21. The minimum atomic E-state index is -0.249. The number of nitrogens with zero attached hydrogens (tertiary/aromatic N) is 3. The van der Waals surface area contributed by atoms with E-state index in [0.29, 0.717) is 27.4 Å². The summed E-state index contributed by atoms with van der Waals surface area (Å²) in [7, 11) is 0. The van der Waals surface area contributed by atoms with Gasteiger partial charge in [-0.25, -0.2) is 14.9 Å². The number of nitrogens with one attached hydrogen (secondary N) is 1. The Hall–Kier alpha value is -1.47. The van der Waals surface area contributed by atoms with E-state index in [0.717, 1.165) is 0 Å². The third kappa shape index (κ3) is 2.45. The van der Waals surface area contributed by atoms with Gasteiger partial charge in [0.25, 0.3) is 0 Å². The minimum Gasteiger partial charge on any atom is -0.397 e. The quantitative estimate of drug-likeness (QED) is 0.880. The summed E-state index contributed by atoms with van der Waals surface area (Å²) in [6.07, 6.45) is 1.51. The number of aromatic nitrogens is 4. The second-order valence-electron chi connectivity index (χ2n) is 3.21. The molecule has 0 aliphatic rings. The van der Waals surface area contributed by atoms with Crippen LogP contribution in [0.25, 0.3) is 0 Å². The average Bonchev–Trinajstić information content (AvgIpc) is 2.63. The van der Waals surface area contributed by atoms with Gasteiger partial charge in [-0.3, -0.25) is 4.57 Å². The topological polar surface area (TPSA) is 89.6 Å². The second kappa shape index (κ2) is 4.80. The Labute approximate surface area is 106 Å².